The van der Waals surface area contributed by atoms with Crippen molar-refractivity contribution in [1.82, 2.24) is 4.98 Å². The summed E-state index contributed by atoms with van der Waals surface area (Å²) in [6, 6.07) is 14.3. The predicted octanol–water partition coefficient (Wildman–Crippen LogP) is 5.54. The number of benzene rings is 2. The minimum absolute atomic E-state index is 0.264. The number of para-hydroxylation sites is 1. The Kier molecular flexibility index (Phi) is 3.98. The van der Waals surface area contributed by atoms with Gasteiger partial charge in [0, 0.05) is 20.4 Å². The zero-order valence-corrected chi connectivity index (χ0v) is 13.7. The van der Waals surface area contributed by atoms with Crippen molar-refractivity contribution in [3.63, 3.8) is 0 Å². The number of hydrogen-bond donors (Lipinski definition) is 0. The number of nitrogens with zero attached hydrogens (tertiary/aromatic N) is 1. The molecule has 0 aliphatic heterocycles. The molecule has 21 heavy (non-hydrogen) atoms. The summed E-state index contributed by atoms with van der Waals surface area (Å²) in [5.41, 5.74) is 1.41. The lowest BCUT2D eigenvalue weighted by Crippen LogP contribution is -2.06. The Hall–Kier alpha value is -1.42. The van der Waals surface area contributed by atoms with Gasteiger partial charge in [0.2, 0.25) is 5.78 Å². The van der Waals surface area contributed by atoms with Gasteiger partial charge in [-0.15, -0.1) is 0 Å². The van der Waals surface area contributed by atoms with Crippen molar-refractivity contribution in [3.05, 3.63) is 74.3 Å². The molecule has 0 spiro atoms. The van der Waals surface area contributed by atoms with Crippen LogP contribution in [0.25, 0.3) is 10.9 Å². The van der Waals surface area contributed by atoms with Crippen LogP contribution in [0, 0.1) is 0 Å². The van der Waals surface area contributed by atoms with E-state index in [9.17, 15) is 4.79 Å². The van der Waals surface area contributed by atoms with Crippen LogP contribution in [0.1, 0.15) is 16.1 Å². The van der Waals surface area contributed by atoms with Crippen LogP contribution in [0.5, 0.6) is 0 Å². The summed E-state index contributed by atoms with van der Waals surface area (Å²) in [5, 5.41) is 1.77. The highest BCUT2D eigenvalue weighted by atomic mass is 79.9. The van der Waals surface area contributed by atoms with Crippen LogP contribution in [-0.2, 0) is 0 Å². The SMILES string of the molecule is O=C(c1cc(Cl)ccc1Cl)c1nc2ccccc2cc1Br. The third-order valence-corrected chi connectivity index (χ3v) is 4.23. The molecule has 0 aliphatic carbocycles. The van der Waals surface area contributed by atoms with E-state index >= 15 is 0 Å². The number of hydrogen-bond acceptors (Lipinski definition) is 2. The number of halogens is 3. The summed E-state index contributed by atoms with van der Waals surface area (Å²) in [6.07, 6.45) is 0. The molecule has 2 aromatic carbocycles. The molecule has 3 rings (SSSR count). The molecule has 0 atom stereocenters. The van der Waals surface area contributed by atoms with Gasteiger partial charge in [0.05, 0.1) is 10.5 Å². The van der Waals surface area contributed by atoms with Gasteiger partial charge in [-0.05, 0) is 46.3 Å². The van der Waals surface area contributed by atoms with Crippen LogP contribution in [0.3, 0.4) is 0 Å². The maximum absolute atomic E-state index is 12.6. The molecule has 2 nitrogen and oxygen atoms in total. The van der Waals surface area contributed by atoms with Gasteiger partial charge in [0.1, 0.15) is 5.69 Å². The van der Waals surface area contributed by atoms with Crippen molar-refractivity contribution in [2.24, 2.45) is 0 Å². The Bertz CT molecular complexity index is 864. The van der Waals surface area contributed by atoms with Crippen LogP contribution >= 0.6 is 39.1 Å². The monoisotopic (exact) mass is 379 g/mol. The number of fused-ring (bicyclic) bond motifs is 1. The summed E-state index contributed by atoms with van der Waals surface area (Å²) in [6.45, 7) is 0. The van der Waals surface area contributed by atoms with Crippen molar-refractivity contribution in [2.45, 2.75) is 0 Å². The van der Waals surface area contributed by atoms with E-state index < -0.39 is 0 Å². The number of aromatic nitrogens is 1. The van der Waals surface area contributed by atoms with Gasteiger partial charge in [0.15, 0.2) is 0 Å². The second-order valence-electron chi connectivity index (χ2n) is 4.46. The summed E-state index contributed by atoms with van der Waals surface area (Å²) >= 11 is 15.4. The minimum Gasteiger partial charge on any atom is -0.287 e. The first-order valence-electron chi connectivity index (χ1n) is 6.11. The first-order valence-corrected chi connectivity index (χ1v) is 7.66. The molecule has 0 saturated heterocycles. The van der Waals surface area contributed by atoms with E-state index in [2.05, 4.69) is 20.9 Å². The Morgan fingerprint density at radius 2 is 1.81 bits per heavy atom. The van der Waals surface area contributed by atoms with Crippen molar-refractivity contribution in [1.29, 1.82) is 0 Å². The molecule has 1 aromatic heterocycles. The molecular weight excluding hydrogens is 373 g/mol. The number of rotatable bonds is 2. The molecule has 1 heterocycles. The molecule has 0 amide bonds. The second kappa shape index (κ2) is 5.76. The van der Waals surface area contributed by atoms with Gasteiger partial charge in [0.25, 0.3) is 0 Å². The fourth-order valence-electron chi connectivity index (χ4n) is 2.05. The standard InChI is InChI=1S/C16H8BrCl2NO/c17-12-7-9-3-1-2-4-14(9)20-15(12)16(21)11-8-10(18)5-6-13(11)19/h1-8H. The van der Waals surface area contributed by atoms with Gasteiger partial charge in [-0.3, -0.25) is 4.79 Å². The van der Waals surface area contributed by atoms with E-state index in [0.29, 0.717) is 25.8 Å². The first kappa shape index (κ1) is 14.5. The van der Waals surface area contributed by atoms with Gasteiger partial charge < -0.3 is 0 Å². The molecule has 104 valence electrons. The van der Waals surface area contributed by atoms with Gasteiger partial charge in [-0.2, -0.15) is 0 Å². The zero-order valence-electron chi connectivity index (χ0n) is 10.6. The summed E-state index contributed by atoms with van der Waals surface area (Å²) in [5.74, 6) is -0.264. The Balaban J connectivity index is 2.17. The molecule has 0 N–H and O–H groups in total. The number of pyridine rings is 1. The summed E-state index contributed by atoms with van der Waals surface area (Å²) in [4.78, 5) is 17.1. The van der Waals surface area contributed by atoms with Crippen molar-refractivity contribution >= 4 is 55.8 Å². The summed E-state index contributed by atoms with van der Waals surface area (Å²) in [7, 11) is 0. The van der Waals surface area contributed by atoms with E-state index in [-0.39, 0.29) is 5.78 Å². The number of ketones is 1. The van der Waals surface area contributed by atoms with Crippen LogP contribution in [0.15, 0.2) is 53.0 Å². The predicted molar refractivity (Wildman–Crippen MR) is 89.3 cm³/mol. The third kappa shape index (κ3) is 2.82. The highest BCUT2D eigenvalue weighted by Gasteiger charge is 2.18. The third-order valence-electron chi connectivity index (χ3n) is 3.07. The van der Waals surface area contributed by atoms with Crippen molar-refractivity contribution in [3.8, 4) is 0 Å². The van der Waals surface area contributed by atoms with E-state index in [0.717, 1.165) is 10.9 Å². The zero-order chi connectivity index (χ0) is 15.0. The van der Waals surface area contributed by atoms with Gasteiger partial charge >= 0.3 is 0 Å². The minimum atomic E-state index is -0.264. The Morgan fingerprint density at radius 1 is 1.05 bits per heavy atom. The quantitative estimate of drug-likeness (QED) is 0.546. The lowest BCUT2D eigenvalue weighted by atomic mass is 10.1. The lowest BCUT2D eigenvalue weighted by molar-refractivity contribution is 0.103. The van der Waals surface area contributed by atoms with Crippen LogP contribution in [-0.4, -0.2) is 10.8 Å². The maximum atomic E-state index is 12.6. The average molecular weight is 381 g/mol. The van der Waals surface area contributed by atoms with E-state index in [1.54, 1.807) is 18.2 Å². The Morgan fingerprint density at radius 3 is 2.62 bits per heavy atom. The highest BCUT2D eigenvalue weighted by Crippen LogP contribution is 2.27. The molecule has 0 saturated carbocycles. The van der Waals surface area contributed by atoms with Crippen molar-refractivity contribution in [2.75, 3.05) is 0 Å². The largest absolute Gasteiger partial charge is 0.287 e. The molecule has 5 heteroatoms. The van der Waals surface area contributed by atoms with Crippen LogP contribution in [0.4, 0.5) is 0 Å². The maximum Gasteiger partial charge on any atom is 0.214 e. The van der Waals surface area contributed by atoms with Crippen LogP contribution < -0.4 is 0 Å². The smallest absolute Gasteiger partial charge is 0.214 e. The molecule has 0 radical (unpaired) electrons. The fourth-order valence-corrected chi connectivity index (χ4v) is 2.94. The molecular formula is C16H8BrCl2NO. The van der Waals surface area contributed by atoms with E-state index in [4.69, 9.17) is 23.2 Å². The van der Waals surface area contributed by atoms with Crippen molar-refractivity contribution < 1.29 is 4.79 Å². The first-order chi connectivity index (χ1) is 10.1. The topological polar surface area (TPSA) is 30.0 Å². The van der Waals surface area contributed by atoms with Crippen LogP contribution in [0.2, 0.25) is 10.0 Å². The Labute approximate surface area is 139 Å². The molecule has 0 unspecified atom stereocenters. The average Bonchev–Trinajstić information content (AvgIpc) is 2.48. The summed E-state index contributed by atoms with van der Waals surface area (Å²) < 4.78 is 0.627. The normalized spacial score (nSPS) is 10.8. The molecule has 0 aliphatic rings. The lowest BCUT2D eigenvalue weighted by Gasteiger charge is -2.07. The van der Waals surface area contributed by atoms with Gasteiger partial charge in [-0.1, -0.05) is 41.4 Å². The van der Waals surface area contributed by atoms with E-state index in [1.807, 2.05) is 30.3 Å². The number of carbonyl (C=O) groups excluding carboxylic acids is 1. The highest BCUT2D eigenvalue weighted by molar-refractivity contribution is 9.10. The molecule has 0 bridgehead atoms. The number of carbonyl (C=O) groups is 1. The fraction of sp³-hybridized carbons (Fsp3) is 0. The molecule has 3 aromatic rings. The van der Waals surface area contributed by atoms with Gasteiger partial charge in [-0.25, -0.2) is 4.98 Å². The molecule has 0 fully saturated rings. The van der Waals surface area contributed by atoms with E-state index in [1.165, 1.54) is 0 Å². The second-order valence-corrected chi connectivity index (χ2v) is 6.16.